The Labute approximate surface area is 124 Å². The molecule has 1 heterocycles. The smallest absolute Gasteiger partial charge is 0.382 e. The molecule has 2 rings (SSSR count). The van der Waals surface area contributed by atoms with Crippen LogP contribution in [-0.4, -0.2) is 29.8 Å². The SMILES string of the molecule is COCC(NC(=O)c1ccn[nH]1)c1cccc(C(F)(F)F)c1. The molecule has 1 atom stereocenters. The van der Waals surface area contributed by atoms with Crippen LogP contribution in [-0.2, 0) is 10.9 Å². The molecule has 0 fully saturated rings. The highest BCUT2D eigenvalue weighted by atomic mass is 19.4. The molecule has 0 aliphatic rings. The summed E-state index contributed by atoms with van der Waals surface area (Å²) in [5.74, 6) is -0.475. The molecule has 1 aromatic heterocycles. The summed E-state index contributed by atoms with van der Waals surface area (Å²) in [5, 5.41) is 8.75. The highest BCUT2D eigenvalue weighted by Gasteiger charge is 2.31. The summed E-state index contributed by atoms with van der Waals surface area (Å²) < 4.78 is 43.3. The van der Waals surface area contributed by atoms with Crippen molar-refractivity contribution in [3.63, 3.8) is 0 Å². The molecule has 0 saturated heterocycles. The third-order valence-electron chi connectivity index (χ3n) is 3.00. The van der Waals surface area contributed by atoms with Gasteiger partial charge in [0.05, 0.1) is 18.2 Å². The number of rotatable bonds is 5. The highest BCUT2D eigenvalue weighted by molar-refractivity contribution is 5.92. The molecule has 118 valence electrons. The zero-order valence-corrected chi connectivity index (χ0v) is 11.6. The topological polar surface area (TPSA) is 67.0 Å². The average molecular weight is 313 g/mol. The molecule has 1 aromatic carbocycles. The van der Waals surface area contributed by atoms with Gasteiger partial charge in [-0.3, -0.25) is 9.89 Å². The minimum Gasteiger partial charge on any atom is -0.382 e. The van der Waals surface area contributed by atoms with Crippen molar-refractivity contribution in [3.8, 4) is 0 Å². The van der Waals surface area contributed by atoms with Gasteiger partial charge in [-0.1, -0.05) is 12.1 Å². The molecule has 1 amide bonds. The maximum absolute atomic E-state index is 12.8. The van der Waals surface area contributed by atoms with Crippen molar-refractivity contribution in [2.45, 2.75) is 12.2 Å². The van der Waals surface area contributed by atoms with Crippen LogP contribution in [0.3, 0.4) is 0 Å². The Bertz CT molecular complexity index is 627. The van der Waals surface area contributed by atoms with E-state index in [-0.39, 0.29) is 12.3 Å². The van der Waals surface area contributed by atoms with Gasteiger partial charge in [0.1, 0.15) is 5.69 Å². The Kier molecular flexibility index (Phi) is 4.81. The number of carbonyl (C=O) groups is 1. The van der Waals surface area contributed by atoms with Crippen molar-refractivity contribution < 1.29 is 22.7 Å². The average Bonchev–Trinajstić information content (AvgIpc) is 3.00. The van der Waals surface area contributed by atoms with Crippen molar-refractivity contribution in [2.24, 2.45) is 0 Å². The fourth-order valence-electron chi connectivity index (χ4n) is 1.94. The predicted molar refractivity (Wildman–Crippen MR) is 72.1 cm³/mol. The molecule has 2 N–H and O–H groups in total. The van der Waals surface area contributed by atoms with Gasteiger partial charge in [-0.05, 0) is 23.8 Å². The molecule has 0 aliphatic carbocycles. The van der Waals surface area contributed by atoms with Crippen LogP contribution in [0.1, 0.15) is 27.7 Å². The van der Waals surface area contributed by atoms with Gasteiger partial charge < -0.3 is 10.1 Å². The van der Waals surface area contributed by atoms with Crippen LogP contribution in [0.25, 0.3) is 0 Å². The van der Waals surface area contributed by atoms with Crippen LogP contribution < -0.4 is 5.32 Å². The summed E-state index contributed by atoms with van der Waals surface area (Å²) in [6, 6.07) is 5.53. The second-order valence-electron chi connectivity index (χ2n) is 4.57. The van der Waals surface area contributed by atoms with Gasteiger partial charge in [-0.25, -0.2) is 0 Å². The van der Waals surface area contributed by atoms with E-state index < -0.39 is 23.7 Å². The molecule has 0 aliphatic heterocycles. The van der Waals surface area contributed by atoms with E-state index in [0.717, 1.165) is 12.1 Å². The predicted octanol–water partition coefficient (Wildman–Crippen LogP) is 2.55. The van der Waals surface area contributed by atoms with Crippen molar-refractivity contribution in [3.05, 3.63) is 53.3 Å². The minimum absolute atomic E-state index is 0.0428. The number of benzene rings is 1. The number of carbonyl (C=O) groups excluding carboxylic acids is 1. The number of hydrogen-bond acceptors (Lipinski definition) is 3. The van der Waals surface area contributed by atoms with E-state index in [9.17, 15) is 18.0 Å². The number of H-pyrrole nitrogens is 1. The van der Waals surface area contributed by atoms with Crippen molar-refractivity contribution in [2.75, 3.05) is 13.7 Å². The summed E-state index contributed by atoms with van der Waals surface area (Å²) >= 11 is 0. The Hall–Kier alpha value is -2.35. The first-order chi connectivity index (χ1) is 10.4. The van der Waals surface area contributed by atoms with Crippen LogP contribution in [0, 0.1) is 0 Å². The first-order valence-corrected chi connectivity index (χ1v) is 6.38. The summed E-state index contributed by atoms with van der Waals surface area (Å²) in [6.45, 7) is 0.0428. The van der Waals surface area contributed by atoms with Crippen molar-refractivity contribution >= 4 is 5.91 Å². The molecule has 0 bridgehead atoms. The summed E-state index contributed by atoms with van der Waals surface area (Å²) in [4.78, 5) is 12.0. The van der Waals surface area contributed by atoms with Crippen LogP contribution in [0.4, 0.5) is 13.2 Å². The lowest BCUT2D eigenvalue weighted by Crippen LogP contribution is -2.31. The molecule has 5 nitrogen and oxygen atoms in total. The van der Waals surface area contributed by atoms with E-state index in [1.54, 1.807) is 0 Å². The normalized spacial score (nSPS) is 12.9. The number of amides is 1. The van der Waals surface area contributed by atoms with Crippen LogP contribution in [0.2, 0.25) is 0 Å². The number of methoxy groups -OCH3 is 1. The molecule has 1 unspecified atom stereocenters. The lowest BCUT2D eigenvalue weighted by molar-refractivity contribution is -0.137. The van der Waals surface area contributed by atoms with Crippen LogP contribution in [0.5, 0.6) is 0 Å². The van der Waals surface area contributed by atoms with Crippen LogP contribution in [0.15, 0.2) is 36.5 Å². The van der Waals surface area contributed by atoms with Gasteiger partial charge in [-0.15, -0.1) is 0 Å². The molecule has 2 aromatic rings. The van der Waals surface area contributed by atoms with E-state index in [0.29, 0.717) is 5.56 Å². The Morgan fingerprint density at radius 2 is 2.18 bits per heavy atom. The first kappa shape index (κ1) is 16.0. The van der Waals surface area contributed by atoms with E-state index in [2.05, 4.69) is 15.5 Å². The fraction of sp³-hybridized carbons (Fsp3) is 0.286. The maximum atomic E-state index is 12.8. The number of hydrogen-bond donors (Lipinski definition) is 2. The number of nitrogens with one attached hydrogen (secondary N) is 2. The molecule has 0 saturated carbocycles. The van der Waals surface area contributed by atoms with Gasteiger partial charge in [0.25, 0.3) is 5.91 Å². The van der Waals surface area contributed by atoms with Gasteiger partial charge in [0.2, 0.25) is 0 Å². The number of halogens is 3. The highest BCUT2D eigenvalue weighted by Crippen LogP contribution is 2.30. The number of aromatic nitrogens is 2. The van der Waals surface area contributed by atoms with E-state index >= 15 is 0 Å². The Morgan fingerprint density at radius 1 is 1.41 bits per heavy atom. The molecular formula is C14H14F3N3O2. The monoisotopic (exact) mass is 313 g/mol. The Balaban J connectivity index is 2.22. The second kappa shape index (κ2) is 6.61. The number of alkyl halides is 3. The molecule has 0 spiro atoms. The van der Waals surface area contributed by atoms with Gasteiger partial charge in [0.15, 0.2) is 0 Å². The maximum Gasteiger partial charge on any atom is 0.416 e. The van der Waals surface area contributed by atoms with E-state index in [4.69, 9.17) is 4.74 Å². The summed E-state index contributed by atoms with van der Waals surface area (Å²) in [6.07, 6.45) is -3.04. The Morgan fingerprint density at radius 3 is 2.77 bits per heavy atom. The van der Waals surface area contributed by atoms with Crippen molar-refractivity contribution in [1.82, 2.24) is 15.5 Å². The number of nitrogens with zero attached hydrogens (tertiary/aromatic N) is 1. The lowest BCUT2D eigenvalue weighted by Gasteiger charge is -2.19. The zero-order chi connectivity index (χ0) is 16.2. The first-order valence-electron chi connectivity index (χ1n) is 6.38. The van der Waals surface area contributed by atoms with Crippen molar-refractivity contribution in [1.29, 1.82) is 0 Å². The summed E-state index contributed by atoms with van der Waals surface area (Å²) in [7, 11) is 1.41. The third kappa shape index (κ3) is 3.85. The van der Waals surface area contributed by atoms with Gasteiger partial charge in [-0.2, -0.15) is 18.3 Å². The number of ether oxygens (including phenoxy) is 1. The van der Waals surface area contributed by atoms with Gasteiger partial charge in [0, 0.05) is 13.3 Å². The molecular weight excluding hydrogens is 299 g/mol. The molecule has 8 heteroatoms. The number of aromatic amines is 1. The van der Waals surface area contributed by atoms with E-state index in [1.165, 1.54) is 31.5 Å². The summed E-state index contributed by atoms with van der Waals surface area (Å²) in [5.41, 5.74) is -0.250. The lowest BCUT2D eigenvalue weighted by atomic mass is 10.0. The molecule has 0 radical (unpaired) electrons. The van der Waals surface area contributed by atoms with E-state index in [1.807, 2.05) is 0 Å². The van der Waals surface area contributed by atoms with Crippen LogP contribution >= 0.6 is 0 Å². The van der Waals surface area contributed by atoms with Gasteiger partial charge >= 0.3 is 6.18 Å². The minimum atomic E-state index is -4.44. The molecule has 22 heavy (non-hydrogen) atoms. The zero-order valence-electron chi connectivity index (χ0n) is 11.6. The second-order valence-corrected chi connectivity index (χ2v) is 4.57. The standard InChI is InChI=1S/C14H14F3N3O2/c1-22-8-12(19-13(21)11-5-6-18-20-11)9-3-2-4-10(7-9)14(15,16)17/h2-7,12H,8H2,1H3,(H,18,20)(H,19,21). The fourth-order valence-corrected chi connectivity index (χ4v) is 1.94. The quantitative estimate of drug-likeness (QED) is 0.891. The third-order valence-corrected chi connectivity index (χ3v) is 3.00. The largest absolute Gasteiger partial charge is 0.416 e.